The molecule has 2 aromatic rings. The lowest BCUT2D eigenvalue weighted by Crippen LogP contribution is -2.19. The molecule has 0 bridgehead atoms. The van der Waals surface area contributed by atoms with Crippen LogP contribution in [0.25, 0.3) is 5.65 Å². The molecule has 0 saturated heterocycles. The van der Waals surface area contributed by atoms with Crippen molar-refractivity contribution in [1.82, 2.24) is 14.6 Å². The molecule has 0 fully saturated rings. The van der Waals surface area contributed by atoms with Crippen molar-refractivity contribution in [3.8, 4) is 6.07 Å². The van der Waals surface area contributed by atoms with Crippen LogP contribution in [0.1, 0.15) is 51.1 Å². The van der Waals surface area contributed by atoms with Crippen molar-refractivity contribution in [2.45, 2.75) is 47.0 Å². The molecule has 0 aromatic carbocycles. The van der Waals surface area contributed by atoms with Crippen LogP contribution in [0.3, 0.4) is 0 Å². The smallest absolute Gasteiger partial charge is 0.276 e. The molecule has 5 heteroatoms. The van der Waals surface area contributed by atoms with E-state index in [1.807, 2.05) is 19.1 Å². The number of nitrogens with one attached hydrogen (secondary N) is 1. The molecule has 20 heavy (non-hydrogen) atoms. The molecule has 2 heterocycles. The normalized spacial score (nSPS) is 11.8. The average Bonchev–Trinajstić information content (AvgIpc) is 2.70. The number of rotatable bonds is 3. The van der Waals surface area contributed by atoms with E-state index in [0.717, 1.165) is 30.7 Å². The summed E-state index contributed by atoms with van der Waals surface area (Å²) in [6.07, 6.45) is 2.36. The van der Waals surface area contributed by atoms with Gasteiger partial charge in [0.15, 0.2) is 5.65 Å². The molecular formula is C15H20N4O. The van der Waals surface area contributed by atoms with Crippen LogP contribution < -0.4 is 5.56 Å². The molecule has 0 atom stereocenters. The zero-order chi connectivity index (χ0) is 14.9. The Morgan fingerprint density at radius 1 is 1.45 bits per heavy atom. The molecule has 5 nitrogen and oxygen atoms in total. The second kappa shape index (κ2) is 5.12. The molecule has 0 amide bonds. The van der Waals surface area contributed by atoms with Crippen LogP contribution in [-0.4, -0.2) is 14.6 Å². The molecule has 2 rings (SSSR count). The second-order valence-electron chi connectivity index (χ2n) is 6.31. The topological polar surface area (TPSA) is 74.0 Å². The number of pyridine rings is 1. The summed E-state index contributed by atoms with van der Waals surface area (Å²) in [6, 6.07) is 3.86. The van der Waals surface area contributed by atoms with Crippen LogP contribution in [0.4, 0.5) is 0 Å². The minimum Gasteiger partial charge on any atom is -0.276 e. The molecule has 0 aliphatic heterocycles. The fourth-order valence-electron chi connectivity index (χ4n) is 2.30. The molecule has 2 aromatic heterocycles. The molecular weight excluding hydrogens is 252 g/mol. The number of nitriles is 1. The fraction of sp³-hybridized carbons (Fsp3) is 0.533. The first-order valence-corrected chi connectivity index (χ1v) is 6.89. The first kappa shape index (κ1) is 14.3. The Balaban J connectivity index is 2.61. The van der Waals surface area contributed by atoms with Gasteiger partial charge in [0.05, 0.1) is 0 Å². The fourth-order valence-corrected chi connectivity index (χ4v) is 2.30. The third-order valence-electron chi connectivity index (χ3n) is 3.09. The molecule has 0 aliphatic rings. The third kappa shape index (κ3) is 2.74. The summed E-state index contributed by atoms with van der Waals surface area (Å²) in [4.78, 5) is 16.8. The lowest BCUT2D eigenvalue weighted by molar-refractivity contribution is 0.400. The number of fused-ring (bicyclic) bond motifs is 1. The zero-order valence-corrected chi connectivity index (χ0v) is 12.4. The number of aromatic nitrogens is 3. The second-order valence-corrected chi connectivity index (χ2v) is 6.31. The Kier molecular flexibility index (Phi) is 3.67. The van der Waals surface area contributed by atoms with Crippen molar-refractivity contribution in [2.24, 2.45) is 5.41 Å². The Hall–Kier alpha value is -2.09. The molecule has 0 saturated carbocycles. The van der Waals surface area contributed by atoms with E-state index in [1.165, 1.54) is 4.52 Å². The Morgan fingerprint density at radius 2 is 2.15 bits per heavy atom. The lowest BCUT2D eigenvalue weighted by atomic mass is 9.92. The molecule has 0 spiro atoms. The standard InChI is InChI=1S/C15H20N4O/c1-5-6-10-7-13-17-12(8-15(2,3)4)18-19(13)14(20)11(10)9-16/h7H,5-6,8H2,1-4H3,(H,17,18). The van der Waals surface area contributed by atoms with Gasteiger partial charge < -0.3 is 0 Å². The van der Waals surface area contributed by atoms with E-state index in [-0.39, 0.29) is 16.5 Å². The number of nitrogens with zero attached hydrogens (tertiary/aromatic N) is 3. The summed E-state index contributed by atoms with van der Waals surface area (Å²) < 4.78 is 1.37. The number of H-pyrrole nitrogens is 1. The maximum Gasteiger partial charge on any atom is 0.289 e. The maximum absolute atomic E-state index is 12.3. The monoisotopic (exact) mass is 272 g/mol. The van der Waals surface area contributed by atoms with Crippen molar-refractivity contribution >= 4 is 5.65 Å². The van der Waals surface area contributed by atoms with E-state index in [9.17, 15) is 10.1 Å². The summed E-state index contributed by atoms with van der Waals surface area (Å²) in [5.74, 6) is 0.770. The molecule has 0 unspecified atom stereocenters. The van der Waals surface area contributed by atoms with E-state index in [4.69, 9.17) is 0 Å². The minimum absolute atomic E-state index is 0.0851. The highest BCUT2D eigenvalue weighted by Crippen LogP contribution is 2.19. The first-order chi connectivity index (χ1) is 9.35. The van der Waals surface area contributed by atoms with E-state index in [2.05, 4.69) is 30.9 Å². The Bertz CT molecular complexity index is 725. The predicted molar refractivity (Wildman–Crippen MR) is 77.7 cm³/mol. The van der Waals surface area contributed by atoms with Gasteiger partial charge in [-0.05, 0) is 23.5 Å². The molecule has 0 radical (unpaired) electrons. The van der Waals surface area contributed by atoms with Crippen LogP contribution >= 0.6 is 0 Å². The van der Waals surface area contributed by atoms with E-state index >= 15 is 0 Å². The first-order valence-electron chi connectivity index (χ1n) is 6.89. The van der Waals surface area contributed by atoms with Crippen molar-refractivity contribution in [1.29, 1.82) is 5.26 Å². The lowest BCUT2D eigenvalue weighted by Gasteiger charge is -2.15. The van der Waals surface area contributed by atoms with Gasteiger partial charge in [0.2, 0.25) is 0 Å². The summed E-state index contributed by atoms with van der Waals surface area (Å²) in [5.41, 5.74) is 1.38. The number of aromatic amines is 1. The number of hydrogen-bond acceptors (Lipinski definition) is 3. The highest BCUT2D eigenvalue weighted by molar-refractivity contribution is 5.48. The van der Waals surface area contributed by atoms with Gasteiger partial charge in [-0.15, -0.1) is 0 Å². The zero-order valence-electron chi connectivity index (χ0n) is 12.4. The van der Waals surface area contributed by atoms with E-state index in [1.54, 1.807) is 0 Å². The van der Waals surface area contributed by atoms with Crippen LogP contribution in [0.15, 0.2) is 10.9 Å². The Morgan fingerprint density at radius 3 is 2.70 bits per heavy atom. The van der Waals surface area contributed by atoms with E-state index < -0.39 is 0 Å². The predicted octanol–water partition coefficient (Wildman–Crippen LogP) is 2.44. The van der Waals surface area contributed by atoms with Crippen LogP contribution in [-0.2, 0) is 12.8 Å². The van der Waals surface area contributed by atoms with Crippen molar-refractivity contribution < 1.29 is 0 Å². The quantitative estimate of drug-likeness (QED) is 0.932. The highest BCUT2D eigenvalue weighted by atomic mass is 16.1. The third-order valence-corrected chi connectivity index (χ3v) is 3.09. The van der Waals surface area contributed by atoms with Crippen molar-refractivity contribution in [3.63, 3.8) is 0 Å². The van der Waals surface area contributed by atoms with Crippen molar-refractivity contribution in [3.05, 3.63) is 33.4 Å². The molecule has 106 valence electrons. The van der Waals surface area contributed by atoms with Gasteiger partial charge in [0.25, 0.3) is 5.56 Å². The van der Waals surface area contributed by atoms with Gasteiger partial charge in [0.1, 0.15) is 17.5 Å². The van der Waals surface area contributed by atoms with Gasteiger partial charge >= 0.3 is 0 Å². The largest absolute Gasteiger partial charge is 0.289 e. The van der Waals surface area contributed by atoms with Crippen molar-refractivity contribution in [2.75, 3.05) is 0 Å². The maximum atomic E-state index is 12.3. The minimum atomic E-state index is -0.305. The SMILES string of the molecule is CCCc1cc2nc(CC(C)(C)C)[nH]n2c(=O)c1C#N. The Labute approximate surface area is 118 Å². The average molecular weight is 272 g/mol. The van der Waals surface area contributed by atoms with Gasteiger partial charge in [-0.3, -0.25) is 9.89 Å². The van der Waals surface area contributed by atoms with Crippen LogP contribution in [0, 0.1) is 16.7 Å². The highest BCUT2D eigenvalue weighted by Gasteiger charge is 2.17. The van der Waals surface area contributed by atoms with Gasteiger partial charge in [0, 0.05) is 6.42 Å². The summed E-state index contributed by atoms with van der Waals surface area (Å²) in [5, 5.41) is 12.2. The number of aryl methyl sites for hydroxylation is 1. The van der Waals surface area contributed by atoms with Gasteiger partial charge in [-0.25, -0.2) is 4.98 Å². The summed E-state index contributed by atoms with van der Waals surface area (Å²) in [6.45, 7) is 8.38. The summed E-state index contributed by atoms with van der Waals surface area (Å²) in [7, 11) is 0. The summed E-state index contributed by atoms with van der Waals surface area (Å²) >= 11 is 0. The van der Waals surface area contributed by atoms with E-state index in [0.29, 0.717) is 5.65 Å². The van der Waals surface area contributed by atoms with Gasteiger partial charge in [-0.2, -0.15) is 9.78 Å². The van der Waals surface area contributed by atoms with Gasteiger partial charge in [-0.1, -0.05) is 34.1 Å². The molecule has 1 N–H and O–H groups in total. The number of hydrogen-bond donors (Lipinski definition) is 1. The molecule has 0 aliphatic carbocycles. The van der Waals surface area contributed by atoms with Crippen LogP contribution in [0.5, 0.6) is 0 Å². The van der Waals surface area contributed by atoms with Crippen LogP contribution in [0.2, 0.25) is 0 Å².